The minimum absolute atomic E-state index is 0. The van der Waals surface area contributed by atoms with E-state index in [1.54, 1.807) is 0 Å². The Kier molecular flexibility index (Phi) is 6.36. The highest BCUT2D eigenvalue weighted by molar-refractivity contribution is 8.93. The first-order chi connectivity index (χ1) is 8.78. The monoisotopic (exact) mass is 322 g/mol. The van der Waals surface area contributed by atoms with Crippen LogP contribution in [0, 0.1) is 0 Å². The molecule has 0 amide bonds. The van der Waals surface area contributed by atoms with Crippen LogP contribution in [0.25, 0.3) is 0 Å². The number of halogens is 1. The minimum Gasteiger partial charge on any atom is -0.493 e. The average Bonchev–Trinajstić information content (AvgIpc) is 2.42. The van der Waals surface area contributed by atoms with E-state index >= 15 is 0 Å². The summed E-state index contributed by atoms with van der Waals surface area (Å²) in [5, 5.41) is 0. The van der Waals surface area contributed by atoms with Crippen LogP contribution >= 0.6 is 17.0 Å². The molecule has 0 saturated carbocycles. The van der Waals surface area contributed by atoms with Gasteiger partial charge in [-0.05, 0) is 42.3 Å². The molecule has 19 heavy (non-hydrogen) atoms. The van der Waals surface area contributed by atoms with Crippen molar-refractivity contribution in [1.29, 1.82) is 0 Å². The maximum atomic E-state index is 5.63. The second-order valence-corrected chi connectivity index (χ2v) is 4.18. The number of ether oxygens (including phenoxy) is 1. The van der Waals surface area contributed by atoms with E-state index < -0.39 is 0 Å². The number of aryl methyl sites for hydroxylation is 1. The number of benzene rings is 1. The number of hydrogen-bond donors (Lipinski definition) is 1. The number of pyridine rings is 1. The van der Waals surface area contributed by atoms with Crippen molar-refractivity contribution in [2.24, 2.45) is 0 Å². The Morgan fingerprint density at radius 3 is 2.42 bits per heavy atom. The van der Waals surface area contributed by atoms with Gasteiger partial charge in [0.05, 0.1) is 6.61 Å². The van der Waals surface area contributed by atoms with Crippen LogP contribution in [0.15, 0.2) is 42.6 Å². The molecular weight excluding hydrogens is 304 g/mol. The molecule has 0 fully saturated rings. The van der Waals surface area contributed by atoms with Crippen molar-refractivity contribution >= 4 is 22.7 Å². The molecule has 2 aromatic rings. The molecule has 0 bridgehead atoms. The average molecular weight is 323 g/mol. The molecule has 0 aliphatic heterocycles. The summed E-state index contributed by atoms with van der Waals surface area (Å²) in [6.07, 6.45) is 3.77. The molecule has 0 aliphatic rings. The molecule has 102 valence electrons. The van der Waals surface area contributed by atoms with Crippen molar-refractivity contribution < 1.29 is 4.74 Å². The largest absolute Gasteiger partial charge is 0.493 e. The third-order valence-electron chi connectivity index (χ3n) is 2.80. The number of aromatic nitrogens is 1. The minimum atomic E-state index is 0. The molecule has 0 saturated heterocycles. The number of nitrogens with two attached hydrogens (primary N) is 1. The van der Waals surface area contributed by atoms with E-state index in [4.69, 9.17) is 10.5 Å². The van der Waals surface area contributed by atoms with Crippen LogP contribution in [0.2, 0.25) is 0 Å². The summed E-state index contributed by atoms with van der Waals surface area (Å²) in [7, 11) is 0. The lowest BCUT2D eigenvalue weighted by molar-refractivity contribution is 0.320. The molecule has 1 heterocycles. The van der Waals surface area contributed by atoms with E-state index in [1.807, 2.05) is 30.5 Å². The van der Waals surface area contributed by atoms with Gasteiger partial charge < -0.3 is 10.5 Å². The summed E-state index contributed by atoms with van der Waals surface area (Å²) >= 11 is 0. The Hall–Kier alpha value is -1.55. The van der Waals surface area contributed by atoms with Crippen LogP contribution in [-0.4, -0.2) is 11.6 Å². The molecule has 0 unspecified atom stereocenters. The standard InChI is InChI=1S/C15H18N2O.BrH/c1-2-12-3-6-14(17-11-12)9-10-18-15-7-4-13(16)5-8-15;/h3-8,11H,2,9-10,16H2,1H3;1H. The van der Waals surface area contributed by atoms with Crippen molar-refractivity contribution in [3.05, 3.63) is 53.9 Å². The van der Waals surface area contributed by atoms with Crippen molar-refractivity contribution in [1.82, 2.24) is 4.98 Å². The maximum Gasteiger partial charge on any atom is 0.119 e. The van der Waals surface area contributed by atoms with Crippen LogP contribution in [0.4, 0.5) is 5.69 Å². The van der Waals surface area contributed by atoms with Gasteiger partial charge in [-0.3, -0.25) is 4.98 Å². The number of nitrogens with zero attached hydrogens (tertiary/aromatic N) is 1. The molecule has 4 heteroatoms. The fourth-order valence-corrected chi connectivity index (χ4v) is 1.65. The summed E-state index contributed by atoms with van der Waals surface area (Å²) in [4.78, 5) is 4.39. The van der Waals surface area contributed by atoms with Crippen molar-refractivity contribution in [2.75, 3.05) is 12.3 Å². The number of anilines is 1. The molecule has 2 rings (SSSR count). The smallest absolute Gasteiger partial charge is 0.119 e. The van der Waals surface area contributed by atoms with Crippen LogP contribution in [0.3, 0.4) is 0 Å². The lowest BCUT2D eigenvalue weighted by Crippen LogP contribution is -2.03. The molecule has 0 atom stereocenters. The number of rotatable bonds is 5. The maximum absolute atomic E-state index is 5.63. The summed E-state index contributed by atoms with van der Waals surface area (Å²) in [5.41, 5.74) is 8.68. The fourth-order valence-electron chi connectivity index (χ4n) is 1.65. The molecular formula is C15H19BrN2O. The van der Waals surface area contributed by atoms with Gasteiger partial charge in [0.25, 0.3) is 0 Å². The van der Waals surface area contributed by atoms with E-state index in [-0.39, 0.29) is 17.0 Å². The second-order valence-electron chi connectivity index (χ2n) is 4.18. The van der Waals surface area contributed by atoms with Crippen LogP contribution in [-0.2, 0) is 12.8 Å². The molecule has 3 nitrogen and oxygen atoms in total. The summed E-state index contributed by atoms with van der Waals surface area (Å²) in [6.45, 7) is 2.75. The topological polar surface area (TPSA) is 48.1 Å². The van der Waals surface area contributed by atoms with Crippen LogP contribution in [0.5, 0.6) is 5.75 Å². The highest BCUT2D eigenvalue weighted by Crippen LogP contribution is 2.13. The molecule has 1 aromatic carbocycles. The Morgan fingerprint density at radius 2 is 1.84 bits per heavy atom. The number of nitrogen functional groups attached to an aromatic ring is 1. The molecule has 0 aliphatic carbocycles. The van der Waals surface area contributed by atoms with Gasteiger partial charge in [0.15, 0.2) is 0 Å². The van der Waals surface area contributed by atoms with Gasteiger partial charge in [0, 0.05) is 24.0 Å². The third-order valence-corrected chi connectivity index (χ3v) is 2.80. The first-order valence-corrected chi connectivity index (χ1v) is 6.20. The normalized spacial score (nSPS) is 9.74. The Labute approximate surface area is 124 Å². The number of hydrogen-bond acceptors (Lipinski definition) is 3. The lowest BCUT2D eigenvalue weighted by Gasteiger charge is -2.06. The highest BCUT2D eigenvalue weighted by atomic mass is 79.9. The zero-order valence-electron chi connectivity index (χ0n) is 11.0. The van der Waals surface area contributed by atoms with Crippen LogP contribution < -0.4 is 10.5 Å². The van der Waals surface area contributed by atoms with Crippen LogP contribution in [0.1, 0.15) is 18.2 Å². The van der Waals surface area contributed by atoms with E-state index in [1.165, 1.54) is 5.56 Å². The van der Waals surface area contributed by atoms with Gasteiger partial charge in [0.1, 0.15) is 5.75 Å². The van der Waals surface area contributed by atoms with Gasteiger partial charge in [-0.2, -0.15) is 0 Å². The van der Waals surface area contributed by atoms with Gasteiger partial charge in [0.2, 0.25) is 0 Å². The molecule has 0 spiro atoms. The Morgan fingerprint density at radius 1 is 1.11 bits per heavy atom. The van der Waals surface area contributed by atoms with Gasteiger partial charge in [-0.25, -0.2) is 0 Å². The highest BCUT2D eigenvalue weighted by Gasteiger charge is 1.97. The van der Waals surface area contributed by atoms with Gasteiger partial charge in [-0.15, -0.1) is 17.0 Å². The lowest BCUT2D eigenvalue weighted by atomic mass is 10.2. The first kappa shape index (κ1) is 15.5. The second kappa shape index (κ2) is 7.79. The predicted octanol–water partition coefficient (Wildman–Crippen LogP) is 3.43. The van der Waals surface area contributed by atoms with Crippen molar-refractivity contribution in [2.45, 2.75) is 19.8 Å². The summed E-state index contributed by atoms with van der Waals surface area (Å²) < 4.78 is 5.63. The van der Waals surface area contributed by atoms with Crippen molar-refractivity contribution in [3.8, 4) is 5.75 Å². The van der Waals surface area contributed by atoms with E-state index in [9.17, 15) is 0 Å². The Balaban J connectivity index is 0.00000180. The quantitative estimate of drug-likeness (QED) is 0.858. The fraction of sp³-hybridized carbons (Fsp3) is 0.267. The van der Waals surface area contributed by atoms with E-state index in [2.05, 4.69) is 24.0 Å². The zero-order valence-corrected chi connectivity index (χ0v) is 12.7. The molecule has 2 N–H and O–H groups in total. The van der Waals surface area contributed by atoms with Gasteiger partial charge >= 0.3 is 0 Å². The molecule has 1 aromatic heterocycles. The Bertz CT molecular complexity index is 483. The van der Waals surface area contributed by atoms with E-state index in [0.29, 0.717) is 6.61 Å². The van der Waals surface area contributed by atoms with Gasteiger partial charge in [-0.1, -0.05) is 13.0 Å². The zero-order chi connectivity index (χ0) is 12.8. The SMILES string of the molecule is Br.CCc1ccc(CCOc2ccc(N)cc2)nc1. The van der Waals surface area contributed by atoms with Crippen molar-refractivity contribution in [3.63, 3.8) is 0 Å². The summed E-state index contributed by atoms with van der Waals surface area (Å²) in [6, 6.07) is 11.6. The third kappa shape index (κ3) is 4.91. The predicted molar refractivity (Wildman–Crippen MR) is 84.0 cm³/mol. The van der Waals surface area contributed by atoms with E-state index in [0.717, 1.165) is 30.0 Å². The molecule has 0 radical (unpaired) electrons. The first-order valence-electron chi connectivity index (χ1n) is 6.20. The summed E-state index contributed by atoms with van der Waals surface area (Å²) in [5.74, 6) is 0.842.